The fourth-order valence-electron chi connectivity index (χ4n) is 1.79. The lowest BCUT2D eigenvalue weighted by Crippen LogP contribution is -2.01. The molecular formula is C15H11Br2NO4. The van der Waals surface area contributed by atoms with Crippen LogP contribution in [0.2, 0.25) is 0 Å². The third kappa shape index (κ3) is 4.08. The van der Waals surface area contributed by atoms with Gasteiger partial charge < -0.3 is 15.1 Å². The van der Waals surface area contributed by atoms with Crippen molar-refractivity contribution in [2.45, 2.75) is 6.61 Å². The molecule has 0 amide bonds. The number of carbonyl (C=O) groups is 1. The molecule has 0 radical (unpaired) electrons. The molecule has 0 spiro atoms. The average molecular weight is 429 g/mol. The first-order valence-electron chi connectivity index (χ1n) is 6.12. The van der Waals surface area contributed by atoms with Crippen LogP contribution in [-0.4, -0.2) is 22.5 Å². The van der Waals surface area contributed by atoms with E-state index in [0.29, 0.717) is 15.8 Å². The lowest BCUT2D eigenvalue weighted by Gasteiger charge is -2.12. The van der Waals surface area contributed by atoms with Gasteiger partial charge in [0.05, 0.1) is 16.3 Å². The van der Waals surface area contributed by atoms with Gasteiger partial charge >= 0.3 is 5.97 Å². The highest BCUT2D eigenvalue weighted by Crippen LogP contribution is 2.32. The number of nitrogens with zero attached hydrogens (tertiary/aromatic N) is 1. The molecule has 0 aromatic heterocycles. The third-order valence-corrected chi connectivity index (χ3v) is 3.86. The van der Waals surface area contributed by atoms with Gasteiger partial charge in [-0.25, -0.2) is 4.79 Å². The number of aromatic carboxylic acids is 1. The number of carboxylic acids is 1. The molecule has 2 N–H and O–H groups in total. The molecule has 0 fully saturated rings. The second kappa shape index (κ2) is 7.42. The summed E-state index contributed by atoms with van der Waals surface area (Å²) in [6.07, 6.45) is 1.28. The molecule has 0 aliphatic carbocycles. The molecule has 22 heavy (non-hydrogen) atoms. The predicted molar refractivity (Wildman–Crippen MR) is 89.0 cm³/mol. The van der Waals surface area contributed by atoms with Gasteiger partial charge in [0.25, 0.3) is 0 Å². The largest absolute Gasteiger partial charge is 0.487 e. The van der Waals surface area contributed by atoms with Gasteiger partial charge in [0, 0.05) is 10.0 Å². The summed E-state index contributed by atoms with van der Waals surface area (Å²) < 4.78 is 7.26. The summed E-state index contributed by atoms with van der Waals surface area (Å²) in [4.78, 5) is 10.8. The monoisotopic (exact) mass is 427 g/mol. The van der Waals surface area contributed by atoms with E-state index in [9.17, 15) is 4.79 Å². The fourth-order valence-corrected chi connectivity index (χ4v) is 3.16. The van der Waals surface area contributed by atoms with Crippen LogP contribution in [0.4, 0.5) is 0 Å². The number of oxime groups is 1. The number of benzene rings is 2. The number of hydrogen-bond donors (Lipinski definition) is 2. The predicted octanol–water partition coefficient (Wildman–Crippen LogP) is 4.30. The van der Waals surface area contributed by atoms with Crippen molar-refractivity contribution < 1.29 is 19.8 Å². The van der Waals surface area contributed by atoms with E-state index in [2.05, 4.69) is 37.0 Å². The van der Waals surface area contributed by atoms with Crippen LogP contribution in [0.25, 0.3) is 0 Å². The van der Waals surface area contributed by atoms with Crippen LogP contribution in [0.1, 0.15) is 21.5 Å². The van der Waals surface area contributed by atoms with E-state index >= 15 is 0 Å². The van der Waals surface area contributed by atoms with Gasteiger partial charge in [0.15, 0.2) is 0 Å². The SMILES string of the molecule is O=C(O)c1ccc(COc2c(Br)cc(Br)cc2/C=N\O)cc1. The van der Waals surface area contributed by atoms with Crippen LogP contribution in [-0.2, 0) is 6.61 Å². The molecule has 0 saturated heterocycles. The molecule has 2 aromatic carbocycles. The molecule has 0 saturated carbocycles. The zero-order valence-corrected chi connectivity index (χ0v) is 14.3. The van der Waals surface area contributed by atoms with Crippen molar-refractivity contribution in [2.24, 2.45) is 5.16 Å². The van der Waals surface area contributed by atoms with E-state index in [0.717, 1.165) is 10.0 Å². The molecule has 5 nitrogen and oxygen atoms in total. The molecule has 114 valence electrons. The Morgan fingerprint density at radius 2 is 1.91 bits per heavy atom. The maximum atomic E-state index is 10.8. The molecule has 2 aromatic rings. The Kier molecular flexibility index (Phi) is 5.57. The highest BCUT2D eigenvalue weighted by atomic mass is 79.9. The van der Waals surface area contributed by atoms with Crippen molar-refractivity contribution in [3.8, 4) is 5.75 Å². The molecule has 2 rings (SSSR count). The Hall–Kier alpha value is -1.86. The molecule has 0 unspecified atom stereocenters. The van der Waals surface area contributed by atoms with Crippen LogP contribution in [0.5, 0.6) is 5.75 Å². The van der Waals surface area contributed by atoms with Gasteiger partial charge in [0.1, 0.15) is 12.4 Å². The number of ether oxygens (including phenoxy) is 1. The first-order valence-corrected chi connectivity index (χ1v) is 7.71. The molecule has 0 aliphatic rings. The quantitative estimate of drug-likeness (QED) is 0.422. The van der Waals surface area contributed by atoms with Gasteiger partial charge in [-0.1, -0.05) is 33.2 Å². The Morgan fingerprint density at radius 3 is 2.50 bits per heavy atom. The normalized spacial score (nSPS) is 10.8. The van der Waals surface area contributed by atoms with Gasteiger partial charge in [-0.15, -0.1) is 0 Å². The third-order valence-electron chi connectivity index (χ3n) is 2.82. The summed E-state index contributed by atoms with van der Waals surface area (Å²) >= 11 is 6.75. The van der Waals surface area contributed by atoms with Gasteiger partial charge in [-0.2, -0.15) is 0 Å². The summed E-state index contributed by atoms with van der Waals surface area (Å²) in [5.74, 6) is -0.437. The second-order valence-electron chi connectivity index (χ2n) is 4.34. The van der Waals surface area contributed by atoms with Crippen molar-refractivity contribution in [2.75, 3.05) is 0 Å². The number of hydrogen-bond acceptors (Lipinski definition) is 4. The van der Waals surface area contributed by atoms with E-state index in [1.54, 1.807) is 18.2 Å². The molecular weight excluding hydrogens is 418 g/mol. The lowest BCUT2D eigenvalue weighted by molar-refractivity contribution is 0.0697. The summed E-state index contributed by atoms with van der Waals surface area (Å²) in [6.45, 7) is 0.256. The van der Waals surface area contributed by atoms with Crippen LogP contribution in [0.15, 0.2) is 50.5 Å². The molecule has 7 heteroatoms. The highest BCUT2D eigenvalue weighted by molar-refractivity contribution is 9.11. The van der Waals surface area contributed by atoms with Crippen LogP contribution in [0.3, 0.4) is 0 Å². The van der Waals surface area contributed by atoms with Gasteiger partial charge in [-0.3, -0.25) is 0 Å². The van der Waals surface area contributed by atoms with Crippen LogP contribution >= 0.6 is 31.9 Å². The lowest BCUT2D eigenvalue weighted by atomic mass is 10.1. The van der Waals surface area contributed by atoms with Crippen LogP contribution in [0, 0.1) is 0 Å². The maximum absolute atomic E-state index is 10.8. The zero-order chi connectivity index (χ0) is 16.1. The summed E-state index contributed by atoms with van der Waals surface area (Å²) in [5.41, 5.74) is 1.65. The van der Waals surface area contributed by atoms with Crippen molar-refractivity contribution in [1.82, 2.24) is 0 Å². The molecule has 0 aliphatic heterocycles. The first-order chi connectivity index (χ1) is 10.5. The molecule has 0 atom stereocenters. The number of carboxylic acid groups (broad SMARTS) is 1. The Balaban J connectivity index is 2.19. The minimum Gasteiger partial charge on any atom is -0.487 e. The highest BCUT2D eigenvalue weighted by Gasteiger charge is 2.10. The molecule has 0 bridgehead atoms. The minimum absolute atomic E-state index is 0.224. The topological polar surface area (TPSA) is 79.1 Å². The standard InChI is InChI=1S/C15H11Br2NO4/c16-12-5-11(7-18-21)14(13(17)6-12)22-8-9-1-3-10(4-2-9)15(19)20/h1-7,21H,8H2,(H,19,20)/b18-7-. The number of halogens is 2. The average Bonchev–Trinajstić information content (AvgIpc) is 2.47. The van der Waals surface area contributed by atoms with Crippen molar-refractivity contribution in [1.29, 1.82) is 0 Å². The number of rotatable bonds is 5. The summed E-state index contributed by atoms with van der Waals surface area (Å²) in [5, 5.41) is 20.6. The Bertz CT molecular complexity index is 714. The second-order valence-corrected chi connectivity index (χ2v) is 6.11. The van der Waals surface area contributed by atoms with Gasteiger partial charge in [-0.05, 0) is 45.8 Å². The maximum Gasteiger partial charge on any atom is 0.335 e. The van der Waals surface area contributed by atoms with Crippen molar-refractivity contribution in [3.63, 3.8) is 0 Å². The van der Waals surface area contributed by atoms with Gasteiger partial charge in [0.2, 0.25) is 0 Å². The smallest absolute Gasteiger partial charge is 0.335 e. The Labute approximate surface area is 143 Å². The summed E-state index contributed by atoms with van der Waals surface area (Å²) in [6, 6.07) is 10.00. The van der Waals surface area contributed by atoms with E-state index < -0.39 is 5.97 Å². The molecule has 0 heterocycles. The van der Waals surface area contributed by atoms with E-state index in [4.69, 9.17) is 15.1 Å². The van der Waals surface area contributed by atoms with Crippen molar-refractivity contribution >= 4 is 44.0 Å². The minimum atomic E-state index is -0.968. The van der Waals surface area contributed by atoms with Crippen LogP contribution < -0.4 is 4.74 Å². The van der Waals surface area contributed by atoms with Crippen molar-refractivity contribution in [3.05, 3.63) is 62.0 Å². The van der Waals surface area contributed by atoms with E-state index in [1.165, 1.54) is 18.3 Å². The van der Waals surface area contributed by atoms with E-state index in [-0.39, 0.29) is 12.2 Å². The summed E-state index contributed by atoms with van der Waals surface area (Å²) in [7, 11) is 0. The van der Waals surface area contributed by atoms with E-state index in [1.807, 2.05) is 6.07 Å². The Morgan fingerprint density at radius 1 is 1.23 bits per heavy atom. The first kappa shape index (κ1) is 16.5. The zero-order valence-electron chi connectivity index (χ0n) is 11.2. The fraction of sp³-hybridized carbons (Fsp3) is 0.0667.